The Labute approximate surface area is 163 Å². The molecule has 3 rings (SSSR count). The lowest BCUT2D eigenvalue weighted by Crippen LogP contribution is -2.57. The van der Waals surface area contributed by atoms with E-state index < -0.39 is 28.6 Å². The largest absolute Gasteiger partial charge is 0.416 e. The van der Waals surface area contributed by atoms with Crippen LogP contribution >= 0.6 is 0 Å². The number of non-ortho nitro benzene ring substituents is 1. The highest BCUT2D eigenvalue weighted by molar-refractivity contribution is 6.03. The lowest BCUT2D eigenvalue weighted by Gasteiger charge is -2.39. The standard InChI is InChI=1S/C19H16F3N3O4/c1-12-17(26)24(15-6-8-16(9-7-15)25(28)29)11-10-23(12)18(27)13-2-4-14(5-3-13)19(20,21)22/h2-9,12H,10-11H2,1H3. The molecule has 2 amide bonds. The van der Waals surface area contributed by atoms with Crippen LogP contribution in [0.15, 0.2) is 48.5 Å². The Morgan fingerprint density at radius 3 is 2.17 bits per heavy atom. The highest BCUT2D eigenvalue weighted by atomic mass is 19.4. The van der Waals surface area contributed by atoms with E-state index in [1.165, 1.54) is 41.0 Å². The van der Waals surface area contributed by atoms with Gasteiger partial charge in [-0.15, -0.1) is 0 Å². The maximum Gasteiger partial charge on any atom is 0.416 e. The predicted octanol–water partition coefficient (Wildman–Crippen LogP) is 3.49. The molecule has 1 aliphatic rings. The summed E-state index contributed by atoms with van der Waals surface area (Å²) in [6, 6.07) is 8.47. The van der Waals surface area contributed by atoms with Crippen LogP contribution in [0.4, 0.5) is 24.5 Å². The summed E-state index contributed by atoms with van der Waals surface area (Å²) in [6.07, 6.45) is -4.50. The second-order valence-corrected chi connectivity index (χ2v) is 6.51. The zero-order chi connectivity index (χ0) is 21.3. The van der Waals surface area contributed by atoms with E-state index in [-0.39, 0.29) is 30.2 Å². The number of carbonyl (C=O) groups is 2. The molecule has 0 radical (unpaired) electrons. The molecule has 0 spiro atoms. The minimum absolute atomic E-state index is 0.0569. The van der Waals surface area contributed by atoms with Crippen LogP contribution in [-0.4, -0.2) is 40.8 Å². The first-order chi connectivity index (χ1) is 13.6. The zero-order valence-corrected chi connectivity index (χ0v) is 15.2. The summed E-state index contributed by atoms with van der Waals surface area (Å²) in [4.78, 5) is 38.3. The van der Waals surface area contributed by atoms with Gasteiger partial charge in [-0.3, -0.25) is 19.7 Å². The second-order valence-electron chi connectivity index (χ2n) is 6.51. The number of benzene rings is 2. The average Bonchev–Trinajstić information content (AvgIpc) is 2.69. The van der Waals surface area contributed by atoms with Gasteiger partial charge in [0, 0.05) is 36.5 Å². The lowest BCUT2D eigenvalue weighted by molar-refractivity contribution is -0.384. The number of amides is 2. The van der Waals surface area contributed by atoms with Gasteiger partial charge in [-0.1, -0.05) is 0 Å². The molecule has 7 nitrogen and oxygen atoms in total. The summed E-state index contributed by atoms with van der Waals surface area (Å²) in [5, 5.41) is 10.8. The van der Waals surface area contributed by atoms with E-state index in [2.05, 4.69) is 0 Å². The zero-order valence-electron chi connectivity index (χ0n) is 15.2. The predicted molar refractivity (Wildman–Crippen MR) is 97.4 cm³/mol. The average molecular weight is 407 g/mol. The van der Waals surface area contributed by atoms with Crippen LogP contribution in [0.5, 0.6) is 0 Å². The molecule has 1 fully saturated rings. The lowest BCUT2D eigenvalue weighted by atomic mass is 10.1. The molecule has 1 saturated heterocycles. The minimum atomic E-state index is -4.50. The van der Waals surface area contributed by atoms with Crippen LogP contribution in [-0.2, 0) is 11.0 Å². The van der Waals surface area contributed by atoms with E-state index in [1.54, 1.807) is 0 Å². The number of nitrogens with zero attached hydrogens (tertiary/aromatic N) is 3. The van der Waals surface area contributed by atoms with Crippen molar-refractivity contribution in [2.75, 3.05) is 18.0 Å². The third-order valence-electron chi connectivity index (χ3n) is 4.75. The van der Waals surface area contributed by atoms with Crippen molar-refractivity contribution in [3.63, 3.8) is 0 Å². The Kier molecular flexibility index (Phi) is 5.27. The summed E-state index contributed by atoms with van der Waals surface area (Å²) in [5.74, 6) is -0.923. The number of alkyl halides is 3. The second kappa shape index (κ2) is 7.53. The molecule has 0 bridgehead atoms. The molecule has 1 aliphatic heterocycles. The van der Waals surface area contributed by atoms with E-state index in [0.717, 1.165) is 24.3 Å². The SMILES string of the molecule is CC1C(=O)N(c2ccc([N+](=O)[O-])cc2)CCN1C(=O)c1ccc(C(F)(F)F)cc1. The van der Waals surface area contributed by atoms with Crippen molar-refractivity contribution in [1.29, 1.82) is 0 Å². The summed E-state index contributed by atoms with van der Waals surface area (Å²) in [6.45, 7) is 1.86. The van der Waals surface area contributed by atoms with Crippen LogP contribution in [0.25, 0.3) is 0 Å². The number of hydrogen-bond acceptors (Lipinski definition) is 4. The quantitative estimate of drug-likeness (QED) is 0.576. The van der Waals surface area contributed by atoms with Gasteiger partial charge >= 0.3 is 6.18 Å². The number of rotatable bonds is 3. The smallest absolute Gasteiger partial charge is 0.325 e. The minimum Gasteiger partial charge on any atom is -0.325 e. The molecule has 0 aliphatic carbocycles. The first-order valence-corrected chi connectivity index (χ1v) is 8.63. The first kappa shape index (κ1) is 20.3. The Morgan fingerprint density at radius 2 is 1.66 bits per heavy atom. The normalized spacial score (nSPS) is 17.4. The molecule has 1 heterocycles. The van der Waals surface area contributed by atoms with Gasteiger partial charge in [0.2, 0.25) is 5.91 Å². The van der Waals surface area contributed by atoms with Gasteiger partial charge in [-0.2, -0.15) is 13.2 Å². The molecule has 2 aromatic carbocycles. The van der Waals surface area contributed by atoms with Gasteiger partial charge < -0.3 is 9.80 Å². The topological polar surface area (TPSA) is 83.8 Å². The Bertz CT molecular complexity index is 943. The van der Waals surface area contributed by atoms with E-state index >= 15 is 0 Å². The molecule has 1 atom stereocenters. The van der Waals surface area contributed by atoms with Crippen molar-refractivity contribution in [2.45, 2.75) is 19.1 Å². The number of nitro benzene ring substituents is 1. The van der Waals surface area contributed by atoms with E-state index in [9.17, 15) is 32.9 Å². The summed E-state index contributed by atoms with van der Waals surface area (Å²) in [7, 11) is 0. The number of hydrogen-bond donors (Lipinski definition) is 0. The molecule has 29 heavy (non-hydrogen) atoms. The number of anilines is 1. The molecular weight excluding hydrogens is 391 g/mol. The fraction of sp³-hybridized carbons (Fsp3) is 0.263. The van der Waals surface area contributed by atoms with Crippen LogP contribution in [0.3, 0.4) is 0 Å². The summed E-state index contributed by atoms with van der Waals surface area (Å²) in [5.41, 5.74) is -0.443. The fourth-order valence-electron chi connectivity index (χ4n) is 3.13. The van der Waals surface area contributed by atoms with Crippen molar-refractivity contribution < 1.29 is 27.7 Å². The molecular formula is C19H16F3N3O4. The Hall–Kier alpha value is -3.43. The van der Waals surface area contributed by atoms with Crippen molar-refractivity contribution >= 4 is 23.2 Å². The molecule has 0 saturated carbocycles. The highest BCUT2D eigenvalue weighted by Crippen LogP contribution is 2.30. The van der Waals surface area contributed by atoms with Crippen LogP contribution in [0.2, 0.25) is 0 Å². The van der Waals surface area contributed by atoms with Gasteiger partial charge in [0.15, 0.2) is 0 Å². The van der Waals surface area contributed by atoms with E-state index in [1.807, 2.05) is 0 Å². The Morgan fingerprint density at radius 1 is 1.07 bits per heavy atom. The van der Waals surface area contributed by atoms with Crippen LogP contribution in [0, 0.1) is 10.1 Å². The van der Waals surface area contributed by atoms with E-state index in [0.29, 0.717) is 5.69 Å². The molecule has 2 aromatic rings. The van der Waals surface area contributed by atoms with Gasteiger partial charge in [-0.05, 0) is 43.3 Å². The maximum atomic E-state index is 12.7. The fourth-order valence-corrected chi connectivity index (χ4v) is 3.13. The van der Waals surface area contributed by atoms with Gasteiger partial charge in [0.25, 0.3) is 11.6 Å². The Balaban J connectivity index is 1.75. The molecule has 10 heteroatoms. The van der Waals surface area contributed by atoms with Gasteiger partial charge in [0.05, 0.1) is 10.5 Å². The molecule has 0 aromatic heterocycles. The molecule has 0 N–H and O–H groups in total. The number of halogens is 3. The van der Waals surface area contributed by atoms with Crippen molar-refractivity contribution in [2.24, 2.45) is 0 Å². The van der Waals surface area contributed by atoms with Gasteiger partial charge in [-0.25, -0.2) is 0 Å². The first-order valence-electron chi connectivity index (χ1n) is 8.63. The molecule has 152 valence electrons. The van der Waals surface area contributed by atoms with Gasteiger partial charge in [0.1, 0.15) is 6.04 Å². The maximum absolute atomic E-state index is 12.7. The number of carbonyl (C=O) groups excluding carboxylic acids is 2. The number of piperazine rings is 1. The summed E-state index contributed by atoms with van der Waals surface area (Å²) >= 11 is 0. The highest BCUT2D eigenvalue weighted by Gasteiger charge is 2.36. The van der Waals surface area contributed by atoms with E-state index in [4.69, 9.17) is 0 Å². The third kappa shape index (κ3) is 4.05. The van der Waals surface area contributed by atoms with Crippen molar-refractivity contribution in [3.05, 3.63) is 69.8 Å². The van der Waals surface area contributed by atoms with Crippen LogP contribution < -0.4 is 4.90 Å². The monoisotopic (exact) mass is 407 g/mol. The van der Waals surface area contributed by atoms with Crippen LogP contribution in [0.1, 0.15) is 22.8 Å². The third-order valence-corrected chi connectivity index (χ3v) is 4.75. The summed E-state index contributed by atoms with van der Waals surface area (Å²) < 4.78 is 38.0. The molecule has 1 unspecified atom stereocenters. The number of nitro groups is 1. The van der Waals surface area contributed by atoms with Crippen molar-refractivity contribution in [3.8, 4) is 0 Å². The van der Waals surface area contributed by atoms with Crippen molar-refractivity contribution in [1.82, 2.24) is 4.90 Å².